The second kappa shape index (κ2) is 7.20. The minimum Gasteiger partial charge on any atom is -0.344 e. The fourth-order valence-electron chi connectivity index (χ4n) is 3.45. The van der Waals surface area contributed by atoms with Crippen LogP contribution in [0, 0.1) is 5.92 Å². The zero-order valence-corrected chi connectivity index (χ0v) is 15.7. The molecule has 2 N–H and O–H groups in total. The molecule has 5 nitrogen and oxygen atoms in total. The zero-order chi connectivity index (χ0) is 18.8. The molecule has 0 fully saturated rings. The second-order valence-corrected chi connectivity index (χ2v) is 6.90. The van der Waals surface area contributed by atoms with E-state index < -0.39 is 6.04 Å². The van der Waals surface area contributed by atoms with Crippen LogP contribution in [0.5, 0.6) is 0 Å². The van der Waals surface area contributed by atoms with Crippen molar-refractivity contribution in [3.8, 4) is 0 Å². The number of hydrogen-bond acceptors (Lipinski definition) is 2. The van der Waals surface area contributed by atoms with Crippen molar-refractivity contribution >= 4 is 39.3 Å². The lowest BCUT2D eigenvalue weighted by molar-refractivity contribution is -0.126. The summed E-state index contributed by atoms with van der Waals surface area (Å²) in [5.74, 6) is -0.404. The predicted molar refractivity (Wildman–Crippen MR) is 106 cm³/mol. The van der Waals surface area contributed by atoms with Crippen molar-refractivity contribution in [1.82, 2.24) is 9.88 Å². The summed E-state index contributed by atoms with van der Waals surface area (Å²) in [7, 11) is 0. The first kappa shape index (κ1) is 18.0. The van der Waals surface area contributed by atoms with Crippen molar-refractivity contribution in [2.24, 2.45) is 5.92 Å². The Morgan fingerprint density at radius 2 is 1.73 bits per heavy atom. The van der Waals surface area contributed by atoms with Crippen molar-refractivity contribution in [3.05, 3.63) is 42.5 Å². The highest BCUT2D eigenvalue weighted by Gasteiger charge is 2.23. The smallest absolute Gasteiger partial charge is 0.247 e. The van der Waals surface area contributed by atoms with Crippen LogP contribution in [-0.4, -0.2) is 22.4 Å². The van der Waals surface area contributed by atoms with E-state index in [0.717, 1.165) is 23.1 Å². The summed E-state index contributed by atoms with van der Waals surface area (Å²) in [5.41, 5.74) is 3.07. The summed E-state index contributed by atoms with van der Waals surface area (Å²) >= 11 is 0. The molecule has 0 aliphatic heterocycles. The van der Waals surface area contributed by atoms with Crippen LogP contribution < -0.4 is 10.6 Å². The Morgan fingerprint density at radius 3 is 2.38 bits per heavy atom. The number of fused-ring (bicyclic) bond motifs is 3. The first-order valence-electron chi connectivity index (χ1n) is 9.01. The summed E-state index contributed by atoms with van der Waals surface area (Å²) in [6.45, 7) is 8.26. The highest BCUT2D eigenvalue weighted by Crippen LogP contribution is 2.31. The Morgan fingerprint density at radius 1 is 1.04 bits per heavy atom. The summed E-state index contributed by atoms with van der Waals surface area (Å²) in [5, 5.41) is 7.96. The number of nitrogens with one attached hydrogen (secondary N) is 2. The van der Waals surface area contributed by atoms with Crippen LogP contribution >= 0.6 is 0 Å². The van der Waals surface area contributed by atoms with E-state index in [2.05, 4.69) is 34.3 Å². The fourth-order valence-corrected chi connectivity index (χ4v) is 3.45. The van der Waals surface area contributed by atoms with Gasteiger partial charge in [0.25, 0.3) is 0 Å². The summed E-state index contributed by atoms with van der Waals surface area (Å²) in [6.07, 6.45) is 0. The first-order valence-corrected chi connectivity index (χ1v) is 9.01. The van der Waals surface area contributed by atoms with Crippen LogP contribution in [0.1, 0.15) is 27.7 Å². The van der Waals surface area contributed by atoms with E-state index in [-0.39, 0.29) is 17.7 Å². The van der Waals surface area contributed by atoms with Gasteiger partial charge >= 0.3 is 0 Å². The predicted octanol–water partition coefficient (Wildman–Crippen LogP) is 3.91. The molecule has 3 aromatic rings. The number of anilines is 1. The van der Waals surface area contributed by atoms with Gasteiger partial charge in [0.15, 0.2) is 0 Å². The maximum atomic E-state index is 12.6. The molecule has 0 aliphatic rings. The molecule has 0 bridgehead atoms. The molecular formula is C21H25N3O2. The topological polar surface area (TPSA) is 63.1 Å². The lowest BCUT2D eigenvalue weighted by Gasteiger charge is -2.21. The number of hydrogen-bond donors (Lipinski definition) is 2. The standard InChI is InChI=1S/C21H25N3O2/c1-5-24-18-9-7-6-8-16(18)17-12-15(10-11-19(17)24)23-21(26)20(13(2)3)22-14(4)25/h6-13,20H,5H2,1-4H3,(H,22,25)(H,23,26)/t20-/m1/s1. The summed E-state index contributed by atoms with van der Waals surface area (Å²) in [6, 6.07) is 13.7. The molecule has 136 valence electrons. The van der Waals surface area contributed by atoms with Gasteiger partial charge in [0, 0.05) is 41.0 Å². The van der Waals surface area contributed by atoms with Crippen LogP contribution in [0.15, 0.2) is 42.5 Å². The Hall–Kier alpha value is -2.82. The Kier molecular flexibility index (Phi) is 4.98. The number of carbonyl (C=O) groups excluding carboxylic acids is 2. The Balaban J connectivity index is 1.98. The van der Waals surface area contributed by atoms with Crippen LogP contribution in [0.3, 0.4) is 0 Å². The van der Waals surface area contributed by atoms with E-state index in [9.17, 15) is 9.59 Å². The normalized spacial score (nSPS) is 12.5. The molecule has 0 saturated carbocycles. The lowest BCUT2D eigenvalue weighted by Crippen LogP contribution is -2.46. The van der Waals surface area contributed by atoms with Gasteiger partial charge in [0.05, 0.1) is 0 Å². The number of amides is 2. The van der Waals surface area contributed by atoms with Gasteiger partial charge in [-0.3, -0.25) is 9.59 Å². The van der Waals surface area contributed by atoms with Crippen molar-refractivity contribution in [2.45, 2.75) is 40.3 Å². The van der Waals surface area contributed by atoms with Crippen molar-refractivity contribution in [1.29, 1.82) is 0 Å². The quantitative estimate of drug-likeness (QED) is 0.732. The number of rotatable bonds is 5. The van der Waals surface area contributed by atoms with Crippen molar-refractivity contribution in [2.75, 3.05) is 5.32 Å². The highest BCUT2D eigenvalue weighted by atomic mass is 16.2. The molecule has 3 rings (SSSR count). The van der Waals surface area contributed by atoms with Crippen LogP contribution in [0.2, 0.25) is 0 Å². The molecule has 2 amide bonds. The van der Waals surface area contributed by atoms with Gasteiger partial charge in [0.1, 0.15) is 6.04 Å². The minimum atomic E-state index is -0.555. The van der Waals surface area contributed by atoms with Gasteiger partial charge < -0.3 is 15.2 Å². The van der Waals surface area contributed by atoms with Gasteiger partial charge in [-0.25, -0.2) is 0 Å². The van der Waals surface area contributed by atoms with Gasteiger partial charge in [-0.05, 0) is 37.1 Å². The third kappa shape index (κ3) is 3.29. The Labute approximate surface area is 153 Å². The average Bonchev–Trinajstić information content (AvgIpc) is 2.92. The van der Waals surface area contributed by atoms with Gasteiger partial charge in [-0.2, -0.15) is 0 Å². The minimum absolute atomic E-state index is 0.00429. The van der Waals surface area contributed by atoms with Crippen LogP contribution in [-0.2, 0) is 16.1 Å². The van der Waals surface area contributed by atoms with Gasteiger partial charge in [-0.1, -0.05) is 32.0 Å². The maximum Gasteiger partial charge on any atom is 0.247 e. The molecule has 2 aromatic carbocycles. The number of carbonyl (C=O) groups is 2. The molecule has 0 saturated heterocycles. The Bertz CT molecular complexity index is 972. The van der Waals surface area contributed by atoms with E-state index in [4.69, 9.17) is 0 Å². The monoisotopic (exact) mass is 351 g/mol. The van der Waals surface area contributed by atoms with E-state index in [1.165, 1.54) is 17.8 Å². The van der Waals surface area contributed by atoms with E-state index in [0.29, 0.717) is 0 Å². The molecule has 0 spiro atoms. The molecule has 1 atom stereocenters. The molecule has 26 heavy (non-hydrogen) atoms. The number of aromatic nitrogens is 1. The van der Waals surface area contributed by atoms with Crippen LogP contribution in [0.4, 0.5) is 5.69 Å². The second-order valence-electron chi connectivity index (χ2n) is 6.90. The molecule has 1 heterocycles. The van der Waals surface area contributed by atoms with Gasteiger partial charge in [0.2, 0.25) is 11.8 Å². The van der Waals surface area contributed by atoms with Crippen LogP contribution in [0.25, 0.3) is 21.8 Å². The van der Waals surface area contributed by atoms with E-state index in [1.807, 2.05) is 44.2 Å². The number of benzene rings is 2. The molecule has 0 unspecified atom stereocenters. The number of para-hydroxylation sites is 1. The van der Waals surface area contributed by atoms with Gasteiger partial charge in [-0.15, -0.1) is 0 Å². The SMILES string of the molecule is CCn1c2ccccc2c2cc(NC(=O)[C@H](NC(C)=O)C(C)C)ccc21. The fraction of sp³-hybridized carbons (Fsp3) is 0.333. The zero-order valence-electron chi connectivity index (χ0n) is 15.7. The molecule has 1 aromatic heterocycles. The average molecular weight is 351 g/mol. The number of aryl methyl sites for hydroxylation is 1. The molecular weight excluding hydrogens is 326 g/mol. The lowest BCUT2D eigenvalue weighted by atomic mass is 10.0. The first-order chi connectivity index (χ1) is 12.4. The summed E-state index contributed by atoms with van der Waals surface area (Å²) < 4.78 is 2.27. The van der Waals surface area contributed by atoms with Crippen molar-refractivity contribution in [3.63, 3.8) is 0 Å². The molecule has 0 aliphatic carbocycles. The summed E-state index contributed by atoms with van der Waals surface area (Å²) in [4.78, 5) is 24.0. The third-order valence-electron chi connectivity index (χ3n) is 4.66. The number of nitrogens with zero attached hydrogens (tertiary/aromatic N) is 1. The van der Waals surface area contributed by atoms with Crippen molar-refractivity contribution < 1.29 is 9.59 Å². The molecule has 5 heteroatoms. The highest BCUT2D eigenvalue weighted by molar-refractivity contribution is 6.10. The third-order valence-corrected chi connectivity index (χ3v) is 4.66. The van der Waals surface area contributed by atoms with E-state index in [1.54, 1.807) is 0 Å². The maximum absolute atomic E-state index is 12.6. The largest absolute Gasteiger partial charge is 0.344 e. The molecule has 0 radical (unpaired) electrons. The van der Waals surface area contributed by atoms with E-state index >= 15 is 0 Å².